The molecule has 0 aliphatic rings. The van der Waals surface area contributed by atoms with Gasteiger partial charge in [-0.1, -0.05) is 12.1 Å². The number of hydrogen-bond donors (Lipinski definition) is 2. The van der Waals surface area contributed by atoms with Crippen molar-refractivity contribution < 1.29 is 0 Å². The molecule has 1 heterocycles. The summed E-state index contributed by atoms with van der Waals surface area (Å²) in [6, 6.07) is 10.3. The second-order valence-corrected chi connectivity index (χ2v) is 4.88. The Morgan fingerprint density at radius 1 is 1.38 bits per heavy atom. The van der Waals surface area contributed by atoms with Gasteiger partial charge in [-0.3, -0.25) is 0 Å². The van der Waals surface area contributed by atoms with Crippen LogP contribution in [0.2, 0.25) is 0 Å². The maximum absolute atomic E-state index is 5.43. The average Bonchev–Trinajstić information content (AvgIpc) is 2.69. The number of aryl methyl sites for hydroxylation is 1. The second kappa shape index (κ2) is 4.63. The molecule has 1 aromatic heterocycles. The van der Waals surface area contributed by atoms with E-state index in [1.54, 1.807) is 11.3 Å². The molecule has 0 amide bonds. The van der Waals surface area contributed by atoms with Crippen LogP contribution < -0.4 is 11.1 Å². The number of nitrogens with one attached hydrogen (secondary N) is 1. The molecule has 2 aromatic rings. The van der Waals surface area contributed by atoms with Crippen molar-refractivity contribution in [3.8, 4) is 10.4 Å². The van der Waals surface area contributed by atoms with E-state index in [1.165, 1.54) is 16.0 Å². The highest BCUT2D eigenvalue weighted by Gasteiger charge is 2.03. The SMILES string of the molecule is Cc1cc(NC(N)=S)ccc1-c1cccs1. The van der Waals surface area contributed by atoms with E-state index in [1.807, 2.05) is 12.1 Å². The minimum absolute atomic E-state index is 0.295. The molecule has 2 nitrogen and oxygen atoms in total. The molecule has 2 rings (SSSR count). The molecular formula is C12H12N2S2. The molecule has 0 bridgehead atoms. The van der Waals surface area contributed by atoms with E-state index in [9.17, 15) is 0 Å². The van der Waals surface area contributed by atoms with E-state index in [4.69, 9.17) is 18.0 Å². The molecule has 0 atom stereocenters. The molecule has 0 aliphatic heterocycles. The molecule has 4 heteroatoms. The molecule has 0 aliphatic carbocycles. The predicted octanol–water partition coefficient (Wildman–Crippen LogP) is 3.38. The Morgan fingerprint density at radius 3 is 2.75 bits per heavy atom. The third kappa shape index (κ3) is 2.40. The van der Waals surface area contributed by atoms with Gasteiger partial charge in [0.05, 0.1) is 0 Å². The van der Waals surface area contributed by atoms with Crippen LogP contribution in [-0.2, 0) is 0 Å². The fraction of sp³-hybridized carbons (Fsp3) is 0.0833. The van der Waals surface area contributed by atoms with Gasteiger partial charge >= 0.3 is 0 Å². The lowest BCUT2D eigenvalue weighted by atomic mass is 10.1. The Kier molecular flexibility index (Phi) is 3.22. The van der Waals surface area contributed by atoms with Gasteiger partial charge in [-0.25, -0.2) is 0 Å². The lowest BCUT2D eigenvalue weighted by Gasteiger charge is -2.08. The van der Waals surface area contributed by atoms with Gasteiger partial charge in [0, 0.05) is 10.6 Å². The summed E-state index contributed by atoms with van der Waals surface area (Å²) in [4.78, 5) is 1.28. The number of hydrogen-bond acceptors (Lipinski definition) is 2. The van der Waals surface area contributed by atoms with Crippen LogP contribution in [0.4, 0.5) is 5.69 Å². The highest BCUT2D eigenvalue weighted by molar-refractivity contribution is 7.80. The van der Waals surface area contributed by atoms with Gasteiger partial charge in [-0.15, -0.1) is 11.3 Å². The van der Waals surface area contributed by atoms with Gasteiger partial charge < -0.3 is 11.1 Å². The topological polar surface area (TPSA) is 38.0 Å². The number of rotatable bonds is 2. The Balaban J connectivity index is 2.34. The fourth-order valence-corrected chi connectivity index (χ4v) is 2.53. The molecule has 3 N–H and O–H groups in total. The zero-order valence-electron chi connectivity index (χ0n) is 8.86. The van der Waals surface area contributed by atoms with E-state index in [-0.39, 0.29) is 0 Å². The summed E-state index contributed by atoms with van der Waals surface area (Å²) in [5, 5.41) is 5.30. The maximum Gasteiger partial charge on any atom is 0.168 e. The largest absolute Gasteiger partial charge is 0.376 e. The zero-order valence-corrected chi connectivity index (χ0v) is 10.5. The lowest BCUT2D eigenvalue weighted by molar-refractivity contribution is 1.46. The van der Waals surface area contributed by atoms with E-state index < -0.39 is 0 Å². The summed E-state index contributed by atoms with van der Waals surface area (Å²) in [7, 11) is 0. The van der Waals surface area contributed by atoms with Crippen molar-refractivity contribution in [2.45, 2.75) is 6.92 Å². The third-order valence-electron chi connectivity index (χ3n) is 2.28. The summed E-state index contributed by atoms with van der Waals surface area (Å²) in [5.74, 6) is 0. The summed E-state index contributed by atoms with van der Waals surface area (Å²) in [6.45, 7) is 2.08. The highest BCUT2D eigenvalue weighted by Crippen LogP contribution is 2.29. The van der Waals surface area contributed by atoms with Crippen molar-refractivity contribution in [2.75, 3.05) is 5.32 Å². The number of benzene rings is 1. The lowest BCUT2D eigenvalue weighted by Crippen LogP contribution is -2.18. The Morgan fingerprint density at radius 2 is 2.19 bits per heavy atom. The predicted molar refractivity (Wildman–Crippen MR) is 74.9 cm³/mol. The third-order valence-corrected chi connectivity index (χ3v) is 3.29. The molecule has 0 saturated carbocycles. The molecule has 1 aromatic carbocycles. The first-order valence-electron chi connectivity index (χ1n) is 4.88. The maximum atomic E-state index is 5.43. The molecule has 0 fully saturated rings. The summed E-state index contributed by atoms with van der Waals surface area (Å²) in [6.07, 6.45) is 0. The van der Waals surface area contributed by atoms with Crippen molar-refractivity contribution >= 4 is 34.4 Å². The average molecular weight is 248 g/mol. The second-order valence-electron chi connectivity index (χ2n) is 3.50. The van der Waals surface area contributed by atoms with Gasteiger partial charge in [-0.05, 0) is 53.8 Å². The molecule has 0 unspecified atom stereocenters. The van der Waals surface area contributed by atoms with Gasteiger partial charge in [0.2, 0.25) is 0 Å². The van der Waals surface area contributed by atoms with Crippen molar-refractivity contribution in [1.82, 2.24) is 0 Å². The Bertz CT molecular complexity index is 504. The molecule has 0 spiro atoms. The van der Waals surface area contributed by atoms with Gasteiger partial charge in [0.1, 0.15) is 0 Å². The van der Waals surface area contributed by atoms with Crippen LogP contribution >= 0.6 is 23.6 Å². The Hall–Kier alpha value is -1.39. The first-order chi connectivity index (χ1) is 7.66. The highest BCUT2D eigenvalue weighted by atomic mass is 32.1. The van der Waals surface area contributed by atoms with Crippen molar-refractivity contribution in [1.29, 1.82) is 0 Å². The van der Waals surface area contributed by atoms with Crippen molar-refractivity contribution in [3.05, 3.63) is 41.3 Å². The van der Waals surface area contributed by atoms with Crippen LogP contribution in [0.25, 0.3) is 10.4 Å². The first kappa shape index (κ1) is 11.1. The van der Waals surface area contributed by atoms with E-state index >= 15 is 0 Å². The molecule has 0 saturated heterocycles. The number of anilines is 1. The molecular weight excluding hydrogens is 236 g/mol. The van der Waals surface area contributed by atoms with Gasteiger partial charge in [0.25, 0.3) is 0 Å². The number of nitrogens with two attached hydrogens (primary N) is 1. The van der Waals surface area contributed by atoms with Crippen LogP contribution in [0.5, 0.6) is 0 Å². The smallest absolute Gasteiger partial charge is 0.168 e. The molecule has 16 heavy (non-hydrogen) atoms. The van der Waals surface area contributed by atoms with Crippen LogP contribution in [0.1, 0.15) is 5.56 Å². The summed E-state index contributed by atoms with van der Waals surface area (Å²) in [5.41, 5.74) is 8.83. The standard InChI is InChI=1S/C12H12N2S2/c1-8-7-9(14-12(13)15)4-5-10(8)11-3-2-6-16-11/h2-7H,1H3,(H3,13,14,15). The zero-order chi connectivity index (χ0) is 11.5. The first-order valence-corrected chi connectivity index (χ1v) is 6.16. The molecule has 0 radical (unpaired) electrons. The van der Waals surface area contributed by atoms with E-state index in [0.29, 0.717) is 5.11 Å². The summed E-state index contributed by atoms with van der Waals surface area (Å²) < 4.78 is 0. The van der Waals surface area contributed by atoms with Crippen LogP contribution in [0.3, 0.4) is 0 Å². The minimum Gasteiger partial charge on any atom is -0.376 e. The van der Waals surface area contributed by atoms with Gasteiger partial charge in [-0.2, -0.15) is 0 Å². The minimum atomic E-state index is 0.295. The van der Waals surface area contributed by atoms with Crippen LogP contribution in [0.15, 0.2) is 35.7 Å². The normalized spacial score (nSPS) is 10.1. The van der Waals surface area contributed by atoms with E-state index in [0.717, 1.165) is 5.69 Å². The fourth-order valence-electron chi connectivity index (χ4n) is 1.59. The van der Waals surface area contributed by atoms with Gasteiger partial charge in [0.15, 0.2) is 5.11 Å². The number of thiophene rings is 1. The van der Waals surface area contributed by atoms with Crippen LogP contribution in [0, 0.1) is 6.92 Å². The molecule has 82 valence electrons. The number of thiocarbonyl (C=S) groups is 1. The van der Waals surface area contributed by atoms with E-state index in [2.05, 4.69) is 35.8 Å². The van der Waals surface area contributed by atoms with Crippen molar-refractivity contribution in [3.63, 3.8) is 0 Å². The van der Waals surface area contributed by atoms with Crippen LogP contribution in [-0.4, -0.2) is 5.11 Å². The van der Waals surface area contributed by atoms with Crippen molar-refractivity contribution in [2.24, 2.45) is 5.73 Å². The monoisotopic (exact) mass is 248 g/mol. The Labute approximate surface area is 104 Å². The summed E-state index contributed by atoms with van der Waals surface area (Å²) >= 11 is 6.54. The quantitative estimate of drug-likeness (QED) is 0.800.